The van der Waals surface area contributed by atoms with Gasteiger partial charge in [-0.1, -0.05) is 25.3 Å². The van der Waals surface area contributed by atoms with Gasteiger partial charge in [0.15, 0.2) is 5.82 Å². The molecule has 34 heavy (non-hydrogen) atoms. The second kappa shape index (κ2) is 9.86. The summed E-state index contributed by atoms with van der Waals surface area (Å²) >= 11 is 0. The molecule has 0 atom stereocenters. The number of rotatable bonds is 6. The quantitative estimate of drug-likeness (QED) is 0.403. The van der Waals surface area contributed by atoms with E-state index in [0.717, 1.165) is 25.3 Å². The maximum absolute atomic E-state index is 14.5. The van der Waals surface area contributed by atoms with Crippen LogP contribution in [0.2, 0.25) is 0 Å². The highest BCUT2D eigenvalue weighted by Gasteiger charge is 2.33. The number of aldehydes is 1. The number of halogens is 1. The van der Waals surface area contributed by atoms with Gasteiger partial charge in [0.25, 0.3) is 0 Å². The number of carbonyl (C=O) groups is 2. The van der Waals surface area contributed by atoms with Crippen molar-refractivity contribution in [2.45, 2.75) is 38.1 Å². The first-order valence-corrected chi connectivity index (χ1v) is 10.8. The number of para-hydroxylation sites is 1. The number of aromatic nitrogens is 4. The van der Waals surface area contributed by atoms with Crippen LogP contribution in [0.3, 0.4) is 0 Å². The minimum atomic E-state index is -0.959. The normalized spacial score (nSPS) is 14.0. The van der Waals surface area contributed by atoms with Crippen molar-refractivity contribution in [2.24, 2.45) is 0 Å². The van der Waals surface area contributed by atoms with Gasteiger partial charge in [-0.25, -0.2) is 14.0 Å². The first kappa shape index (κ1) is 23.1. The summed E-state index contributed by atoms with van der Waals surface area (Å²) < 4.78 is 26.4. The minimum absolute atomic E-state index is 0.0612. The Morgan fingerprint density at radius 1 is 1.09 bits per heavy atom. The van der Waals surface area contributed by atoms with Gasteiger partial charge in [-0.2, -0.15) is 4.68 Å². The molecule has 1 heterocycles. The van der Waals surface area contributed by atoms with Crippen LogP contribution in [0.1, 0.15) is 42.5 Å². The van der Waals surface area contributed by atoms with Gasteiger partial charge in [0.05, 0.1) is 19.9 Å². The Kier molecular flexibility index (Phi) is 6.71. The van der Waals surface area contributed by atoms with Gasteiger partial charge in [-0.05, 0) is 53.6 Å². The highest BCUT2D eigenvalue weighted by Crippen LogP contribution is 2.35. The molecule has 0 aliphatic heterocycles. The fourth-order valence-electron chi connectivity index (χ4n) is 4.24. The van der Waals surface area contributed by atoms with Crippen LogP contribution >= 0.6 is 0 Å². The largest absolute Gasteiger partial charge is 0.495 e. The smallest absolute Gasteiger partial charge is 0.377 e. The third-order valence-corrected chi connectivity index (χ3v) is 5.89. The molecule has 1 aromatic heterocycles. The lowest BCUT2D eigenvalue weighted by Gasteiger charge is -2.34. The van der Waals surface area contributed by atoms with Crippen molar-refractivity contribution in [3.8, 4) is 17.2 Å². The Morgan fingerprint density at radius 2 is 1.82 bits per heavy atom. The summed E-state index contributed by atoms with van der Waals surface area (Å²) in [6, 6.07) is 7.71. The molecule has 1 aliphatic rings. The summed E-state index contributed by atoms with van der Waals surface area (Å²) in [5.74, 6) is -0.336. The first-order valence-electron chi connectivity index (χ1n) is 10.8. The van der Waals surface area contributed by atoms with Crippen LogP contribution < -0.4 is 20.1 Å². The highest BCUT2D eigenvalue weighted by molar-refractivity contribution is 5.96. The van der Waals surface area contributed by atoms with Crippen molar-refractivity contribution < 1.29 is 23.5 Å². The number of anilines is 1. The van der Waals surface area contributed by atoms with E-state index in [9.17, 15) is 18.8 Å². The van der Waals surface area contributed by atoms with Crippen molar-refractivity contribution in [1.29, 1.82) is 0 Å². The van der Waals surface area contributed by atoms with Crippen LogP contribution in [0.4, 0.5) is 14.9 Å². The lowest BCUT2D eigenvalue weighted by atomic mass is 9.93. The van der Waals surface area contributed by atoms with Crippen LogP contribution in [-0.4, -0.2) is 52.4 Å². The Morgan fingerprint density at radius 3 is 2.50 bits per heavy atom. The summed E-state index contributed by atoms with van der Waals surface area (Å²) in [4.78, 5) is 39.7. The van der Waals surface area contributed by atoms with Gasteiger partial charge in [0.1, 0.15) is 23.5 Å². The first-order chi connectivity index (χ1) is 16.5. The van der Waals surface area contributed by atoms with E-state index in [1.807, 2.05) is 0 Å². The van der Waals surface area contributed by atoms with E-state index >= 15 is 0 Å². The average Bonchev–Trinajstić information content (AvgIpc) is 3.25. The van der Waals surface area contributed by atoms with Gasteiger partial charge in [0.2, 0.25) is 0 Å². The van der Waals surface area contributed by atoms with Crippen molar-refractivity contribution in [2.75, 3.05) is 19.1 Å². The number of methoxy groups -OCH3 is 2. The van der Waals surface area contributed by atoms with Gasteiger partial charge in [-0.3, -0.25) is 9.69 Å². The fourth-order valence-corrected chi connectivity index (χ4v) is 4.24. The lowest BCUT2D eigenvalue weighted by Crippen LogP contribution is -2.47. The molecule has 1 amide bonds. The van der Waals surface area contributed by atoms with E-state index in [4.69, 9.17) is 9.47 Å². The molecule has 1 saturated carbocycles. The molecule has 11 heteroatoms. The molecule has 1 aliphatic carbocycles. The summed E-state index contributed by atoms with van der Waals surface area (Å²) in [6.07, 6.45) is 4.90. The third kappa shape index (κ3) is 4.16. The van der Waals surface area contributed by atoms with Gasteiger partial charge >= 0.3 is 11.7 Å². The predicted molar refractivity (Wildman–Crippen MR) is 121 cm³/mol. The van der Waals surface area contributed by atoms with E-state index in [1.54, 1.807) is 12.1 Å². The van der Waals surface area contributed by atoms with Crippen molar-refractivity contribution in [1.82, 2.24) is 19.8 Å². The van der Waals surface area contributed by atoms with Gasteiger partial charge < -0.3 is 9.47 Å². The summed E-state index contributed by atoms with van der Waals surface area (Å²) in [6.45, 7) is 0. The Labute approximate surface area is 194 Å². The second-order valence-corrected chi connectivity index (χ2v) is 7.87. The SMILES string of the molecule is COc1ccc(C=O)cc1N(C(=O)n1nnn(-c2c(F)cccc2OC)c1=O)C1CCCCC1. The number of amides is 1. The van der Waals surface area contributed by atoms with Crippen LogP contribution in [0.5, 0.6) is 11.5 Å². The van der Waals surface area contributed by atoms with Crippen molar-refractivity contribution in [3.05, 3.63) is 58.3 Å². The molecule has 3 aromatic rings. The highest BCUT2D eigenvalue weighted by atomic mass is 19.1. The standard InChI is InChI=1S/C23H24FN5O5/c1-33-19-12-11-15(14-30)13-18(19)27(16-7-4-3-5-8-16)22(31)29-23(32)28(25-26-29)21-17(24)9-6-10-20(21)34-2/h6,9-14,16H,3-5,7-8H2,1-2H3. The summed E-state index contributed by atoms with van der Waals surface area (Å²) in [5, 5.41) is 7.48. The van der Waals surface area contributed by atoms with Crippen LogP contribution in [0.25, 0.3) is 5.69 Å². The van der Waals surface area contributed by atoms with Crippen LogP contribution in [0.15, 0.2) is 41.2 Å². The number of hydrogen-bond donors (Lipinski definition) is 0. The topological polar surface area (TPSA) is 109 Å². The Balaban J connectivity index is 1.83. The minimum Gasteiger partial charge on any atom is -0.495 e. The number of carbonyl (C=O) groups excluding carboxylic acids is 2. The number of tetrazole rings is 1. The van der Waals surface area contributed by atoms with E-state index < -0.39 is 17.5 Å². The molecule has 0 bridgehead atoms. The number of ether oxygens (including phenoxy) is 2. The molecule has 4 rings (SSSR count). The number of nitrogens with zero attached hydrogens (tertiary/aromatic N) is 5. The number of benzene rings is 2. The molecule has 1 fully saturated rings. The second-order valence-electron chi connectivity index (χ2n) is 7.87. The molecule has 178 valence electrons. The van der Waals surface area contributed by atoms with Crippen molar-refractivity contribution in [3.63, 3.8) is 0 Å². The van der Waals surface area contributed by atoms with Gasteiger partial charge in [0, 0.05) is 11.6 Å². The third-order valence-electron chi connectivity index (χ3n) is 5.89. The average molecular weight is 469 g/mol. The van der Waals surface area contributed by atoms with E-state index in [0.29, 0.717) is 45.5 Å². The molecular formula is C23H24FN5O5. The molecule has 0 unspecified atom stereocenters. The van der Waals surface area contributed by atoms with Crippen LogP contribution in [-0.2, 0) is 0 Å². The monoisotopic (exact) mass is 469 g/mol. The molecule has 10 nitrogen and oxygen atoms in total. The van der Waals surface area contributed by atoms with Gasteiger partial charge in [-0.15, -0.1) is 4.68 Å². The summed E-state index contributed by atoms with van der Waals surface area (Å²) in [7, 11) is 2.78. The fraction of sp³-hybridized carbons (Fsp3) is 0.348. The van der Waals surface area contributed by atoms with E-state index in [-0.39, 0.29) is 17.5 Å². The van der Waals surface area contributed by atoms with Crippen molar-refractivity contribution >= 4 is 18.0 Å². The number of hydrogen-bond acceptors (Lipinski definition) is 7. The van der Waals surface area contributed by atoms with E-state index in [1.165, 1.54) is 37.3 Å². The molecule has 0 radical (unpaired) electrons. The molecular weight excluding hydrogens is 445 g/mol. The molecule has 2 aromatic carbocycles. The maximum Gasteiger partial charge on any atom is 0.377 e. The molecule has 0 saturated heterocycles. The zero-order valence-electron chi connectivity index (χ0n) is 18.8. The maximum atomic E-state index is 14.5. The predicted octanol–water partition coefficient (Wildman–Crippen LogP) is 3.21. The Hall–Kier alpha value is -4.02. The molecule has 0 N–H and O–H groups in total. The zero-order valence-corrected chi connectivity index (χ0v) is 18.8. The molecule has 0 spiro atoms. The van der Waals surface area contributed by atoms with E-state index in [2.05, 4.69) is 10.4 Å². The lowest BCUT2D eigenvalue weighted by molar-refractivity contribution is 0.112. The zero-order chi connectivity index (χ0) is 24.2. The van der Waals surface area contributed by atoms with Crippen LogP contribution in [0, 0.1) is 5.82 Å². The summed E-state index contributed by atoms with van der Waals surface area (Å²) in [5.41, 5.74) is -0.524. The Bertz CT molecular complexity index is 1260.